The van der Waals surface area contributed by atoms with Crippen LogP contribution in [0.3, 0.4) is 0 Å². The molecule has 0 bridgehead atoms. The number of anilines is 3. The molecule has 0 heterocycles. The number of fused-ring (bicyclic) bond motifs is 7. The Morgan fingerprint density at radius 2 is 1.02 bits per heavy atom. The van der Waals surface area contributed by atoms with Crippen LogP contribution in [-0.2, 0) is 10.8 Å². The van der Waals surface area contributed by atoms with Gasteiger partial charge in [0, 0.05) is 27.8 Å². The number of para-hydroxylation sites is 1. The number of hydrogen-bond donors (Lipinski definition) is 0. The van der Waals surface area contributed by atoms with Gasteiger partial charge in [0.15, 0.2) is 0 Å². The summed E-state index contributed by atoms with van der Waals surface area (Å²) in [7, 11) is 0. The monoisotopic (exact) mass is 527 g/mol. The average molecular weight is 528 g/mol. The largest absolute Gasteiger partial charge is 0.310 e. The van der Waals surface area contributed by atoms with E-state index < -0.39 is 0 Å². The highest BCUT2D eigenvalue weighted by atomic mass is 15.1. The quantitative estimate of drug-likeness (QED) is 0.221. The fraction of sp³-hybridized carbons (Fsp3) is 0.150. The minimum atomic E-state index is -0.0887. The van der Waals surface area contributed by atoms with Gasteiger partial charge in [-0.05, 0) is 92.2 Å². The van der Waals surface area contributed by atoms with Crippen LogP contribution in [0, 0.1) is 0 Å². The highest BCUT2D eigenvalue weighted by Crippen LogP contribution is 2.56. The lowest BCUT2D eigenvalue weighted by Crippen LogP contribution is -2.17. The normalized spacial score (nSPS) is 15.2. The van der Waals surface area contributed by atoms with Gasteiger partial charge in [-0.15, -0.1) is 0 Å². The van der Waals surface area contributed by atoms with Crippen molar-refractivity contribution in [2.24, 2.45) is 0 Å². The molecule has 0 spiro atoms. The maximum absolute atomic E-state index is 2.47. The summed E-state index contributed by atoms with van der Waals surface area (Å²) < 4.78 is 0. The maximum Gasteiger partial charge on any atom is 0.0543 e. The third-order valence-corrected chi connectivity index (χ3v) is 9.62. The van der Waals surface area contributed by atoms with E-state index in [2.05, 4.69) is 160 Å². The van der Waals surface area contributed by atoms with Crippen LogP contribution in [0.25, 0.3) is 33.0 Å². The van der Waals surface area contributed by atoms with E-state index in [-0.39, 0.29) is 10.8 Å². The minimum Gasteiger partial charge on any atom is -0.310 e. The molecule has 198 valence electrons. The Morgan fingerprint density at radius 3 is 1.83 bits per heavy atom. The minimum absolute atomic E-state index is 0.0591. The van der Waals surface area contributed by atoms with Crippen LogP contribution in [-0.4, -0.2) is 0 Å². The van der Waals surface area contributed by atoms with E-state index in [0.29, 0.717) is 0 Å². The summed E-state index contributed by atoms with van der Waals surface area (Å²) in [6, 6.07) is 47.3. The predicted octanol–water partition coefficient (Wildman–Crippen LogP) is 10.9. The molecule has 2 aliphatic carbocycles. The molecular formula is C40H33N. The second-order valence-corrected chi connectivity index (χ2v) is 12.6. The van der Waals surface area contributed by atoms with Gasteiger partial charge in [-0.2, -0.15) is 0 Å². The Morgan fingerprint density at radius 1 is 0.415 bits per heavy atom. The van der Waals surface area contributed by atoms with Crippen molar-refractivity contribution in [3.8, 4) is 22.3 Å². The topological polar surface area (TPSA) is 3.24 Å². The van der Waals surface area contributed by atoms with Gasteiger partial charge < -0.3 is 4.90 Å². The fourth-order valence-corrected chi connectivity index (χ4v) is 7.48. The first kappa shape index (κ1) is 24.2. The van der Waals surface area contributed by atoms with E-state index in [1.165, 1.54) is 72.3 Å². The second-order valence-electron chi connectivity index (χ2n) is 12.6. The summed E-state index contributed by atoms with van der Waals surface area (Å²) in [5, 5.41) is 2.59. The van der Waals surface area contributed by atoms with Gasteiger partial charge in [0.1, 0.15) is 0 Å². The standard InChI is InChI=1S/C40H33N/c1-39(2)33-18-11-10-17-30(33)31-22-21-29(25-36(31)39)41(28-15-6-5-7-16-28)37-20-12-19-34-38(37)32-23-26-13-8-9-14-27(26)24-35(32)40(34,3)4/h5-25H,1-4H3. The fourth-order valence-electron chi connectivity index (χ4n) is 7.48. The summed E-state index contributed by atoms with van der Waals surface area (Å²) >= 11 is 0. The second kappa shape index (κ2) is 8.44. The van der Waals surface area contributed by atoms with Crippen molar-refractivity contribution < 1.29 is 0 Å². The smallest absolute Gasteiger partial charge is 0.0543 e. The van der Waals surface area contributed by atoms with Crippen LogP contribution in [0.4, 0.5) is 17.1 Å². The summed E-state index contributed by atoms with van der Waals surface area (Å²) in [4.78, 5) is 2.47. The molecule has 0 atom stereocenters. The van der Waals surface area contributed by atoms with Crippen LogP contribution < -0.4 is 4.90 Å². The molecule has 6 aromatic rings. The van der Waals surface area contributed by atoms with Crippen molar-refractivity contribution in [1.82, 2.24) is 0 Å². The molecule has 1 nitrogen and oxygen atoms in total. The van der Waals surface area contributed by atoms with Crippen molar-refractivity contribution >= 4 is 27.8 Å². The highest BCUT2D eigenvalue weighted by molar-refractivity contribution is 6.00. The molecule has 0 saturated heterocycles. The zero-order valence-electron chi connectivity index (χ0n) is 24.1. The van der Waals surface area contributed by atoms with Gasteiger partial charge in [0.25, 0.3) is 0 Å². The van der Waals surface area contributed by atoms with E-state index in [1.807, 2.05) is 0 Å². The molecule has 6 aromatic carbocycles. The summed E-state index contributed by atoms with van der Waals surface area (Å²) in [6.07, 6.45) is 0. The van der Waals surface area contributed by atoms with E-state index in [1.54, 1.807) is 0 Å². The summed E-state index contributed by atoms with van der Waals surface area (Å²) in [6.45, 7) is 9.47. The van der Waals surface area contributed by atoms with Crippen LogP contribution in [0.2, 0.25) is 0 Å². The maximum atomic E-state index is 2.47. The Hall–Kier alpha value is -4.62. The molecule has 1 heteroatoms. The van der Waals surface area contributed by atoms with Crippen LogP contribution >= 0.6 is 0 Å². The third kappa shape index (κ3) is 3.36. The van der Waals surface area contributed by atoms with Crippen molar-refractivity contribution in [1.29, 1.82) is 0 Å². The van der Waals surface area contributed by atoms with Crippen molar-refractivity contribution in [2.45, 2.75) is 38.5 Å². The van der Waals surface area contributed by atoms with Gasteiger partial charge in [0.05, 0.1) is 5.69 Å². The van der Waals surface area contributed by atoms with Crippen molar-refractivity contribution in [2.75, 3.05) is 4.90 Å². The molecule has 0 N–H and O–H groups in total. The van der Waals surface area contributed by atoms with Crippen molar-refractivity contribution in [3.05, 3.63) is 150 Å². The first-order valence-electron chi connectivity index (χ1n) is 14.6. The van der Waals surface area contributed by atoms with Crippen molar-refractivity contribution in [3.63, 3.8) is 0 Å². The lowest BCUT2D eigenvalue weighted by atomic mass is 9.81. The van der Waals surface area contributed by atoms with E-state index in [9.17, 15) is 0 Å². The molecule has 41 heavy (non-hydrogen) atoms. The third-order valence-electron chi connectivity index (χ3n) is 9.62. The van der Waals surface area contributed by atoms with E-state index in [0.717, 1.165) is 0 Å². The van der Waals surface area contributed by atoms with E-state index in [4.69, 9.17) is 0 Å². The van der Waals surface area contributed by atoms with Crippen LogP contribution in [0.15, 0.2) is 127 Å². The summed E-state index contributed by atoms with van der Waals surface area (Å²) in [5.41, 5.74) is 14.4. The highest BCUT2D eigenvalue weighted by Gasteiger charge is 2.39. The lowest BCUT2D eigenvalue weighted by Gasteiger charge is -2.30. The molecule has 0 aliphatic heterocycles. The Balaban J connectivity index is 1.39. The Labute approximate surface area is 242 Å². The predicted molar refractivity (Wildman–Crippen MR) is 174 cm³/mol. The van der Waals surface area contributed by atoms with Gasteiger partial charge in [-0.1, -0.05) is 113 Å². The molecule has 0 radical (unpaired) electrons. The number of benzene rings is 6. The van der Waals surface area contributed by atoms with E-state index >= 15 is 0 Å². The average Bonchev–Trinajstić information content (AvgIpc) is 3.36. The molecule has 0 fully saturated rings. The van der Waals surface area contributed by atoms with Crippen LogP contribution in [0.1, 0.15) is 49.9 Å². The number of hydrogen-bond acceptors (Lipinski definition) is 1. The van der Waals surface area contributed by atoms with Gasteiger partial charge >= 0.3 is 0 Å². The Kier molecular flexibility index (Phi) is 4.98. The molecular weight excluding hydrogens is 494 g/mol. The number of rotatable bonds is 3. The van der Waals surface area contributed by atoms with Gasteiger partial charge in [0.2, 0.25) is 0 Å². The molecule has 0 aromatic heterocycles. The first-order valence-corrected chi connectivity index (χ1v) is 14.6. The molecule has 0 saturated carbocycles. The molecule has 2 aliphatic rings. The Bertz CT molecular complexity index is 1990. The lowest BCUT2D eigenvalue weighted by molar-refractivity contribution is 0.660. The first-order chi connectivity index (χ1) is 19.9. The molecule has 0 amide bonds. The zero-order chi connectivity index (χ0) is 27.9. The van der Waals surface area contributed by atoms with Gasteiger partial charge in [-0.25, -0.2) is 0 Å². The molecule has 0 unspecified atom stereocenters. The zero-order valence-corrected chi connectivity index (χ0v) is 24.1. The molecule has 8 rings (SSSR count). The van der Waals surface area contributed by atoms with Crippen LogP contribution in [0.5, 0.6) is 0 Å². The summed E-state index contributed by atoms with van der Waals surface area (Å²) in [5.74, 6) is 0. The van der Waals surface area contributed by atoms with Gasteiger partial charge in [-0.3, -0.25) is 0 Å². The number of nitrogens with zero attached hydrogens (tertiary/aromatic N) is 1. The SMILES string of the molecule is CC1(C)c2ccccc2-c2ccc(N(c3ccccc3)c3cccc4c3-c3cc5ccccc5cc3C4(C)C)cc21.